The maximum atomic E-state index is 5.27. The fourth-order valence-corrected chi connectivity index (χ4v) is 3.69. The van der Waals surface area contributed by atoms with E-state index in [1.54, 1.807) is 12.0 Å². The second-order valence-electron chi connectivity index (χ2n) is 7.04. The van der Waals surface area contributed by atoms with Crippen molar-refractivity contribution < 1.29 is 9.64 Å². The van der Waals surface area contributed by atoms with Crippen molar-refractivity contribution in [2.24, 2.45) is 5.10 Å². The number of benzene rings is 3. The average molecular weight is 360 g/mol. The number of methoxy groups -OCH3 is 1. The molecule has 1 heterocycles. The molecule has 0 spiro atoms. The molecule has 0 unspecified atom stereocenters. The van der Waals surface area contributed by atoms with E-state index in [-0.39, 0.29) is 0 Å². The minimum atomic E-state index is 0.864. The zero-order valence-corrected chi connectivity index (χ0v) is 15.8. The quantitative estimate of drug-likeness (QED) is 0.709. The van der Waals surface area contributed by atoms with Crippen molar-refractivity contribution in [3.63, 3.8) is 0 Å². The lowest BCUT2D eigenvalue weighted by Crippen LogP contribution is -3.13. The molecule has 0 saturated carbocycles. The molecule has 0 radical (unpaired) electrons. The lowest BCUT2D eigenvalue weighted by Gasteiger charge is -2.30. The van der Waals surface area contributed by atoms with Gasteiger partial charge in [-0.3, -0.25) is 5.01 Å². The fourth-order valence-electron chi connectivity index (χ4n) is 3.69. The SMILES string of the molecule is COc1cccc(/C=N\N2CC[NH+](Cc3cccc4ccccc34)CC2)c1. The summed E-state index contributed by atoms with van der Waals surface area (Å²) < 4.78 is 5.27. The van der Waals surface area contributed by atoms with Gasteiger partial charge in [-0.05, 0) is 28.5 Å². The van der Waals surface area contributed by atoms with E-state index in [1.165, 1.54) is 16.3 Å². The molecule has 3 aromatic carbocycles. The first-order valence-electron chi connectivity index (χ1n) is 9.55. The molecule has 0 aliphatic carbocycles. The molecule has 1 N–H and O–H groups in total. The van der Waals surface area contributed by atoms with E-state index in [2.05, 4.69) is 52.6 Å². The van der Waals surface area contributed by atoms with Gasteiger partial charge in [-0.2, -0.15) is 5.10 Å². The molecule has 1 fully saturated rings. The van der Waals surface area contributed by atoms with E-state index in [0.29, 0.717) is 0 Å². The lowest BCUT2D eigenvalue weighted by atomic mass is 10.0. The van der Waals surface area contributed by atoms with Gasteiger partial charge < -0.3 is 9.64 Å². The Labute approximate surface area is 160 Å². The highest BCUT2D eigenvalue weighted by atomic mass is 16.5. The van der Waals surface area contributed by atoms with Gasteiger partial charge in [0.2, 0.25) is 0 Å². The smallest absolute Gasteiger partial charge is 0.119 e. The first kappa shape index (κ1) is 17.6. The summed E-state index contributed by atoms with van der Waals surface area (Å²) in [5, 5.41) is 9.54. The Morgan fingerprint density at radius 1 is 1.00 bits per heavy atom. The third-order valence-electron chi connectivity index (χ3n) is 5.23. The topological polar surface area (TPSA) is 29.3 Å². The summed E-state index contributed by atoms with van der Waals surface area (Å²) in [7, 11) is 1.69. The highest BCUT2D eigenvalue weighted by Gasteiger charge is 2.19. The van der Waals surface area contributed by atoms with Crippen LogP contribution in [0.25, 0.3) is 10.8 Å². The van der Waals surface area contributed by atoms with E-state index in [4.69, 9.17) is 4.74 Å². The van der Waals surface area contributed by atoms with E-state index in [9.17, 15) is 0 Å². The van der Waals surface area contributed by atoms with Crippen molar-refractivity contribution in [1.82, 2.24) is 5.01 Å². The molecule has 1 saturated heterocycles. The number of piperazine rings is 1. The van der Waals surface area contributed by atoms with Crippen molar-refractivity contribution >= 4 is 17.0 Å². The van der Waals surface area contributed by atoms with Crippen LogP contribution >= 0.6 is 0 Å². The second-order valence-corrected chi connectivity index (χ2v) is 7.04. The molecule has 4 heteroatoms. The van der Waals surface area contributed by atoms with E-state index < -0.39 is 0 Å². The number of hydrogen-bond acceptors (Lipinski definition) is 3. The summed E-state index contributed by atoms with van der Waals surface area (Å²) in [4.78, 5) is 1.62. The van der Waals surface area contributed by atoms with Gasteiger partial charge in [0.1, 0.15) is 12.3 Å². The van der Waals surface area contributed by atoms with E-state index >= 15 is 0 Å². The summed E-state index contributed by atoms with van der Waals surface area (Å²) in [5.41, 5.74) is 2.51. The summed E-state index contributed by atoms with van der Waals surface area (Å²) >= 11 is 0. The Morgan fingerprint density at radius 3 is 2.63 bits per heavy atom. The fraction of sp³-hybridized carbons (Fsp3) is 0.261. The maximum absolute atomic E-state index is 5.27. The third-order valence-corrected chi connectivity index (χ3v) is 5.23. The van der Waals surface area contributed by atoms with Gasteiger partial charge in [-0.15, -0.1) is 0 Å². The van der Waals surface area contributed by atoms with Crippen LogP contribution in [-0.4, -0.2) is 44.5 Å². The summed E-state index contributed by atoms with van der Waals surface area (Å²) in [6.45, 7) is 5.27. The largest absolute Gasteiger partial charge is 0.497 e. The Morgan fingerprint density at radius 2 is 1.78 bits per heavy atom. The monoisotopic (exact) mass is 360 g/mol. The van der Waals surface area contributed by atoms with Crippen molar-refractivity contribution in [3.05, 3.63) is 77.9 Å². The predicted octanol–water partition coefficient (Wildman–Crippen LogP) is 2.58. The maximum Gasteiger partial charge on any atom is 0.119 e. The Kier molecular flexibility index (Phi) is 5.35. The number of fused-ring (bicyclic) bond motifs is 1. The normalized spacial score (nSPS) is 15.5. The highest BCUT2D eigenvalue weighted by Crippen LogP contribution is 2.17. The van der Waals surface area contributed by atoms with Crippen LogP contribution in [0.4, 0.5) is 0 Å². The Hall–Kier alpha value is -2.85. The van der Waals surface area contributed by atoms with Gasteiger partial charge in [0, 0.05) is 5.56 Å². The minimum Gasteiger partial charge on any atom is -0.497 e. The number of nitrogens with zero attached hydrogens (tertiary/aromatic N) is 2. The summed E-state index contributed by atoms with van der Waals surface area (Å²) in [5.74, 6) is 0.864. The molecule has 27 heavy (non-hydrogen) atoms. The zero-order chi connectivity index (χ0) is 18.5. The first-order valence-corrected chi connectivity index (χ1v) is 9.55. The standard InChI is InChI=1S/C23H25N3O/c1-27-22-10-4-6-19(16-22)17-24-26-14-12-25(13-15-26)18-21-9-5-8-20-7-2-3-11-23(20)21/h2-11,16-17H,12-15,18H2,1H3/p+1/b24-17-. The molecule has 1 aliphatic rings. The molecular weight excluding hydrogens is 334 g/mol. The van der Waals surface area contributed by atoms with Crippen LogP contribution in [0.3, 0.4) is 0 Å². The molecule has 3 aromatic rings. The number of hydrazone groups is 1. The van der Waals surface area contributed by atoms with Crippen LogP contribution in [0.15, 0.2) is 71.8 Å². The van der Waals surface area contributed by atoms with E-state index in [1.807, 2.05) is 30.5 Å². The van der Waals surface area contributed by atoms with Crippen molar-refractivity contribution in [2.75, 3.05) is 33.3 Å². The van der Waals surface area contributed by atoms with Gasteiger partial charge in [-0.25, -0.2) is 0 Å². The molecule has 138 valence electrons. The van der Waals surface area contributed by atoms with Gasteiger partial charge in [0.05, 0.1) is 39.5 Å². The zero-order valence-electron chi connectivity index (χ0n) is 15.8. The molecule has 1 aliphatic heterocycles. The Balaban J connectivity index is 1.35. The molecule has 4 nitrogen and oxygen atoms in total. The molecule has 0 atom stereocenters. The van der Waals surface area contributed by atoms with Crippen molar-refractivity contribution in [1.29, 1.82) is 0 Å². The number of nitrogens with one attached hydrogen (secondary N) is 1. The number of quaternary nitrogens is 1. The highest BCUT2D eigenvalue weighted by molar-refractivity contribution is 5.85. The number of hydrogen-bond donors (Lipinski definition) is 1. The van der Waals surface area contributed by atoms with Gasteiger partial charge in [-0.1, -0.05) is 54.6 Å². The van der Waals surface area contributed by atoms with Crippen LogP contribution in [0.1, 0.15) is 11.1 Å². The lowest BCUT2D eigenvalue weighted by molar-refractivity contribution is -0.918. The van der Waals surface area contributed by atoms with Crippen LogP contribution in [0, 0.1) is 0 Å². The van der Waals surface area contributed by atoms with Gasteiger partial charge >= 0.3 is 0 Å². The van der Waals surface area contributed by atoms with Gasteiger partial charge in [0.25, 0.3) is 0 Å². The predicted molar refractivity (Wildman–Crippen MR) is 111 cm³/mol. The van der Waals surface area contributed by atoms with Crippen LogP contribution in [0.2, 0.25) is 0 Å². The van der Waals surface area contributed by atoms with Crippen LogP contribution in [-0.2, 0) is 6.54 Å². The van der Waals surface area contributed by atoms with Crippen molar-refractivity contribution in [3.8, 4) is 5.75 Å². The van der Waals surface area contributed by atoms with Crippen LogP contribution in [0.5, 0.6) is 5.75 Å². The number of ether oxygens (including phenoxy) is 1. The number of rotatable bonds is 5. The molecule has 4 rings (SSSR count). The molecule has 0 amide bonds. The average Bonchev–Trinajstić information content (AvgIpc) is 2.74. The van der Waals surface area contributed by atoms with Crippen molar-refractivity contribution in [2.45, 2.75) is 6.54 Å². The summed E-state index contributed by atoms with van der Waals surface area (Å²) in [6, 6.07) is 23.3. The van der Waals surface area contributed by atoms with Gasteiger partial charge in [0.15, 0.2) is 0 Å². The second kappa shape index (κ2) is 8.23. The summed E-state index contributed by atoms with van der Waals surface area (Å²) in [6.07, 6.45) is 1.93. The van der Waals surface area contributed by atoms with Crippen LogP contribution < -0.4 is 9.64 Å². The minimum absolute atomic E-state index is 0.864. The molecule has 0 bridgehead atoms. The first-order chi connectivity index (χ1) is 13.3. The Bertz CT molecular complexity index is 924. The molecule has 0 aromatic heterocycles. The third kappa shape index (κ3) is 4.29. The molecular formula is C23H26N3O+. The van der Waals surface area contributed by atoms with E-state index in [0.717, 1.165) is 44.0 Å².